The molecule has 0 amide bonds. The Morgan fingerprint density at radius 2 is 1.93 bits per heavy atom. The zero-order valence-corrected chi connectivity index (χ0v) is 17.1. The molecule has 27 heavy (non-hydrogen) atoms. The average Bonchev–Trinajstić information content (AvgIpc) is 2.97. The van der Waals surface area contributed by atoms with Crippen LogP contribution in [0, 0.1) is 6.92 Å². The van der Waals surface area contributed by atoms with Gasteiger partial charge in [-0.05, 0) is 49.0 Å². The molecule has 1 heterocycles. The zero-order valence-electron chi connectivity index (χ0n) is 14.8. The van der Waals surface area contributed by atoms with Crippen LogP contribution in [0.15, 0.2) is 48.5 Å². The Kier molecular flexibility index (Phi) is 6.21. The standard InChI is InChI=1S/C19H18Cl2N4OS/c1-12-8-18(23-19(27)22-14-4-3-5-15(10-14)26-2)24-25(12)11-13-6-7-16(20)17(21)9-13/h3-10H,11H2,1-2H3,(H2,22,23,24,27). The Bertz CT molecular complexity index is 974. The minimum Gasteiger partial charge on any atom is -0.497 e. The van der Waals surface area contributed by atoms with Crippen molar-refractivity contribution in [3.8, 4) is 5.75 Å². The number of anilines is 2. The highest BCUT2D eigenvalue weighted by Gasteiger charge is 2.08. The normalized spacial score (nSPS) is 10.5. The minimum atomic E-state index is 0.447. The summed E-state index contributed by atoms with van der Waals surface area (Å²) in [5.41, 5.74) is 2.84. The maximum Gasteiger partial charge on any atom is 0.176 e. The lowest BCUT2D eigenvalue weighted by atomic mass is 10.2. The van der Waals surface area contributed by atoms with Crippen LogP contribution >= 0.6 is 35.4 Å². The third-order valence-corrected chi connectivity index (χ3v) is 4.81. The maximum absolute atomic E-state index is 6.08. The number of nitrogens with zero attached hydrogens (tertiary/aromatic N) is 2. The van der Waals surface area contributed by atoms with Gasteiger partial charge < -0.3 is 15.4 Å². The number of aromatic nitrogens is 2. The molecule has 0 bridgehead atoms. The molecule has 2 aromatic carbocycles. The number of thiocarbonyl (C=S) groups is 1. The number of ether oxygens (including phenoxy) is 1. The van der Waals surface area contributed by atoms with Crippen molar-refractivity contribution in [1.29, 1.82) is 0 Å². The third kappa shape index (κ3) is 5.13. The number of hydrogen-bond acceptors (Lipinski definition) is 3. The van der Waals surface area contributed by atoms with Crippen molar-refractivity contribution in [2.45, 2.75) is 13.5 Å². The lowest BCUT2D eigenvalue weighted by Gasteiger charge is -2.09. The van der Waals surface area contributed by atoms with Crippen molar-refractivity contribution in [3.05, 3.63) is 69.8 Å². The van der Waals surface area contributed by atoms with E-state index in [4.69, 9.17) is 40.2 Å². The first-order valence-corrected chi connectivity index (χ1v) is 9.31. The Balaban J connectivity index is 1.66. The van der Waals surface area contributed by atoms with Gasteiger partial charge in [0.25, 0.3) is 0 Å². The van der Waals surface area contributed by atoms with E-state index in [1.54, 1.807) is 13.2 Å². The first-order valence-electron chi connectivity index (χ1n) is 8.15. The van der Waals surface area contributed by atoms with Gasteiger partial charge in [0.2, 0.25) is 0 Å². The van der Waals surface area contributed by atoms with Gasteiger partial charge in [0.1, 0.15) is 5.75 Å². The van der Waals surface area contributed by atoms with Crippen molar-refractivity contribution < 1.29 is 4.74 Å². The summed E-state index contributed by atoms with van der Waals surface area (Å²) in [4.78, 5) is 0. The second kappa shape index (κ2) is 8.61. The van der Waals surface area contributed by atoms with Crippen LogP contribution in [0.5, 0.6) is 5.75 Å². The van der Waals surface area contributed by atoms with E-state index in [1.165, 1.54) is 0 Å². The van der Waals surface area contributed by atoms with Crippen molar-refractivity contribution in [1.82, 2.24) is 9.78 Å². The van der Waals surface area contributed by atoms with Crippen molar-refractivity contribution >= 4 is 52.0 Å². The van der Waals surface area contributed by atoms with Crippen molar-refractivity contribution in [2.24, 2.45) is 0 Å². The van der Waals surface area contributed by atoms with Crippen LogP contribution in [-0.4, -0.2) is 22.0 Å². The SMILES string of the molecule is COc1cccc(NC(=S)Nc2cc(C)n(Cc3ccc(Cl)c(Cl)c3)n2)c1. The summed E-state index contributed by atoms with van der Waals surface area (Å²) in [5.74, 6) is 1.41. The van der Waals surface area contributed by atoms with Gasteiger partial charge in [0.15, 0.2) is 10.9 Å². The number of aryl methyl sites for hydroxylation is 1. The van der Waals surface area contributed by atoms with Crippen LogP contribution in [0.4, 0.5) is 11.5 Å². The summed E-state index contributed by atoms with van der Waals surface area (Å²) in [6.45, 7) is 2.56. The molecule has 0 aliphatic rings. The Labute approximate surface area is 173 Å². The van der Waals surface area contributed by atoms with Gasteiger partial charge in [-0.15, -0.1) is 0 Å². The number of methoxy groups -OCH3 is 1. The van der Waals surface area contributed by atoms with Crippen LogP contribution < -0.4 is 15.4 Å². The molecule has 0 spiro atoms. The lowest BCUT2D eigenvalue weighted by Crippen LogP contribution is -2.19. The van der Waals surface area contributed by atoms with Gasteiger partial charge in [-0.1, -0.05) is 35.3 Å². The molecule has 5 nitrogen and oxygen atoms in total. The van der Waals surface area contributed by atoms with Gasteiger partial charge in [-0.3, -0.25) is 4.68 Å². The Hall–Kier alpha value is -2.28. The molecule has 0 atom stereocenters. The summed E-state index contributed by atoms with van der Waals surface area (Å²) in [6, 6.07) is 15.0. The summed E-state index contributed by atoms with van der Waals surface area (Å²) < 4.78 is 7.08. The molecule has 3 rings (SSSR count). The zero-order chi connectivity index (χ0) is 19.4. The molecule has 0 aliphatic heterocycles. The smallest absolute Gasteiger partial charge is 0.176 e. The topological polar surface area (TPSA) is 51.1 Å². The van der Waals surface area contributed by atoms with Gasteiger partial charge in [-0.2, -0.15) is 5.10 Å². The number of nitrogens with one attached hydrogen (secondary N) is 2. The van der Waals surface area contributed by atoms with Gasteiger partial charge >= 0.3 is 0 Å². The molecule has 0 aliphatic carbocycles. The van der Waals surface area contributed by atoms with E-state index in [2.05, 4.69) is 15.7 Å². The molecule has 0 unspecified atom stereocenters. The van der Waals surface area contributed by atoms with E-state index in [-0.39, 0.29) is 0 Å². The summed E-state index contributed by atoms with van der Waals surface area (Å²) >= 11 is 17.4. The number of hydrogen-bond donors (Lipinski definition) is 2. The molecule has 0 saturated heterocycles. The average molecular weight is 421 g/mol. The van der Waals surface area contributed by atoms with E-state index < -0.39 is 0 Å². The molecule has 0 radical (unpaired) electrons. The molecule has 0 fully saturated rings. The highest BCUT2D eigenvalue weighted by molar-refractivity contribution is 7.80. The highest BCUT2D eigenvalue weighted by atomic mass is 35.5. The van der Waals surface area contributed by atoms with E-state index in [0.717, 1.165) is 22.7 Å². The van der Waals surface area contributed by atoms with Gasteiger partial charge in [-0.25, -0.2) is 0 Å². The molecule has 8 heteroatoms. The molecule has 140 valence electrons. The lowest BCUT2D eigenvalue weighted by molar-refractivity contribution is 0.415. The second-order valence-corrected chi connectivity index (χ2v) is 7.11. The second-order valence-electron chi connectivity index (χ2n) is 5.89. The predicted octanol–water partition coefficient (Wildman–Crippen LogP) is 5.36. The van der Waals surface area contributed by atoms with E-state index in [0.29, 0.717) is 27.5 Å². The molecule has 2 N–H and O–H groups in total. The van der Waals surface area contributed by atoms with Gasteiger partial charge in [0.05, 0.1) is 23.7 Å². The quantitative estimate of drug-likeness (QED) is 0.543. The third-order valence-electron chi connectivity index (χ3n) is 3.87. The predicted molar refractivity (Wildman–Crippen MR) is 115 cm³/mol. The number of rotatable bonds is 5. The summed E-state index contributed by atoms with van der Waals surface area (Å²) in [7, 11) is 1.62. The van der Waals surface area contributed by atoms with Crippen molar-refractivity contribution in [3.63, 3.8) is 0 Å². The largest absolute Gasteiger partial charge is 0.497 e. The van der Waals surface area contributed by atoms with Crippen molar-refractivity contribution in [2.75, 3.05) is 17.7 Å². The Morgan fingerprint density at radius 3 is 2.67 bits per heavy atom. The molecule has 1 aromatic heterocycles. The van der Waals surface area contributed by atoms with Crippen LogP contribution in [-0.2, 0) is 6.54 Å². The van der Waals surface area contributed by atoms with Crippen LogP contribution in [0.3, 0.4) is 0 Å². The minimum absolute atomic E-state index is 0.447. The number of benzene rings is 2. The molecular weight excluding hydrogens is 403 g/mol. The van der Waals surface area contributed by atoms with E-state index in [9.17, 15) is 0 Å². The summed E-state index contributed by atoms with van der Waals surface area (Å²) in [6.07, 6.45) is 0. The summed E-state index contributed by atoms with van der Waals surface area (Å²) in [5, 5.41) is 12.3. The fourth-order valence-electron chi connectivity index (χ4n) is 2.52. The first-order chi connectivity index (χ1) is 12.9. The molecular formula is C19H18Cl2N4OS. The molecule has 3 aromatic rings. The monoisotopic (exact) mass is 420 g/mol. The van der Waals surface area contributed by atoms with Crippen LogP contribution in [0.2, 0.25) is 10.0 Å². The molecule has 0 saturated carbocycles. The highest BCUT2D eigenvalue weighted by Crippen LogP contribution is 2.23. The van der Waals surface area contributed by atoms with Gasteiger partial charge in [0, 0.05) is 23.5 Å². The first kappa shape index (κ1) is 19.5. The maximum atomic E-state index is 6.08. The fourth-order valence-corrected chi connectivity index (χ4v) is 3.06. The Morgan fingerprint density at radius 1 is 1.11 bits per heavy atom. The van der Waals surface area contributed by atoms with E-state index >= 15 is 0 Å². The van der Waals surface area contributed by atoms with Crippen LogP contribution in [0.1, 0.15) is 11.3 Å². The fraction of sp³-hybridized carbons (Fsp3) is 0.158. The van der Waals surface area contributed by atoms with E-state index in [1.807, 2.05) is 54.1 Å². The van der Waals surface area contributed by atoms with Crippen LogP contribution in [0.25, 0.3) is 0 Å². The number of halogens is 2.